The Morgan fingerprint density at radius 1 is 1.14 bits per heavy atom. The van der Waals surface area contributed by atoms with E-state index in [1.54, 1.807) is 0 Å². The van der Waals surface area contributed by atoms with Crippen LogP contribution in [0.25, 0.3) is 0 Å². The fourth-order valence-electron chi connectivity index (χ4n) is 1.23. The Kier molecular flexibility index (Phi) is 9.31. The average Bonchev–Trinajstić information content (AvgIpc) is 2.15. The molecule has 0 aromatic rings. The Balaban J connectivity index is 2.99. The van der Waals surface area contributed by atoms with Gasteiger partial charge < -0.3 is 9.84 Å². The summed E-state index contributed by atoms with van der Waals surface area (Å²) in [5.74, 6) is 0. The predicted octanol–water partition coefficient (Wildman–Crippen LogP) is 2.69. The lowest BCUT2D eigenvalue weighted by molar-refractivity contribution is 0.0755. The number of unbranched alkanes of at least 4 members (excludes halogenated alkanes) is 3. The number of rotatable bonds is 9. The third-order valence-corrected chi connectivity index (χ3v) is 2.06. The van der Waals surface area contributed by atoms with Crippen molar-refractivity contribution in [1.29, 1.82) is 0 Å². The van der Waals surface area contributed by atoms with Gasteiger partial charge in [0.15, 0.2) is 0 Å². The second-order valence-electron chi connectivity index (χ2n) is 3.90. The molecule has 0 aliphatic heterocycles. The number of halogens is 1. The maximum Gasteiger partial charge on any atom is 0.123 e. The lowest BCUT2D eigenvalue weighted by Crippen LogP contribution is -2.05. The largest absolute Gasteiger partial charge is 0.393 e. The highest BCUT2D eigenvalue weighted by molar-refractivity contribution is 4.53. The van der Waals surface area contributed by atoms with Gasteiger partial charge in [0.2, 0.25) is 0 Å². The first-order chi connectivity index (χ1) is 6.66. The molecule has 2 nitrogen and oxygen atoms in total. The summed E-state index contributed by atoms with van der Waals surface area (Å²) in [6.07, 6.45) is 3.80. The lowest BCUT2D eigenvalue weighted by atomic mass is 10.1. The van der Waals surface area contributed by atoms with Crippen molar-refractivity contribution >= 4 is 0 Å². The van der Waals surface area contributed by atoms with Crippen molar-refractivity contribution in [2.24, 2.45) is 0 Å². The Hall–Kier alpha value is -0.150. The molecule has 86 valence electrons. The number of aliphatic hydroxyl groups is 1. The van der Waals surface area contributed by atoms with Gasteiger partial charge in [-0.1, -0.05) is 19.3 Å². The average molecular weight is 206 g/mol. The van der Waals surface area contributed by atoms with Crippen molar-refractivity contribution in [2.45, 2.75) is 58.2 Å². The van der Waals surface area contributed by atoms with Gasteiger partial charge >= 0.3 is 0 Å². The molecule has 0 aliphatic rings. The molecule has 0 saturated heterocycles. The van der Waals surface area contributed by atoms with E-state index in [4.69, 9.17) is 9.84 Å². The molecule has 0 amide bonds. The zero-order chi connectivity index (χ0) is 10.8. The smallest absolute Gasteiger partial charge is 0.123 e. The van der Waals surface area contributed by atoms with Crippen molar-refractivity contribution in [3.05, 3.63) is 0 Å². The lowest BCUT2D eigenvalue weighted by Gasteiger charge is -2.07. The molecule has 0 rings (SSSR count). The Morgan fingerprint density at radius 2 is 1.79 bits per heavy atom. The maximum atomic E-state index is 12.5. The molecular weight excluding hydrogens is 183 g/mol. The highest BCUT2D eigenvalue weighted by Crippen LogP contribution is 2.08. The molecule has 1 atom stereocenters. The van der Waals surface area contributed by atoms with Crippen LogP contribution >= 0.6 is 0 Å². The number of hydrogen-bond donors (Lipinski definition) is 1. The zero-order valence-corrected chi connectivity index (χ0v) is 9.34. The van der Waals surface area contributed by atoms with E-state index in [9.17, 15) is 4.39 Å². The number of ether oxygens (including phenoxy) is 1. The van der Waals surface area contributed by atoms with Crippen LogP contribution in [0.1, 0.15) is 46.0 Å². The Morgan fingerprint density at radius 3 is 2.36 bits per heavy atom. The highest BCUT2D eigenvalue weighted by atomic mass is 19.1. The fraction of sp³-hybridized carbons (Fsp3) is 1.00. The SMILES string of the molecule is CC(C)OCCCCCCC(F)CO. The third-order valence-electron chi connectivity index (χ3n) is 2.06. The van der Waals surface area contributed by atoms with Crippen molar-refractivity contribution < 1.29 is 14.2 Å². The van der Waals surface area contributed by atoms with E-state index in [0.29, 0.717) is 12.5 Å². The van der Waals surface area contributed by atoms with Crippen LogP contribution in [-0.2, 0) is 4.74 Å². The second kappa shape index (κ2) is 9.41. The molecule has 0 aromatic carbocycles. The summed E-state index contributed by atoms with van der Waals surface area (Å²) in [5.41, 5.74) is 0. The topological polar surface area (TPSA) is 29.5 Å². The monoisotopic (exact) mass is 206 g/mol. The molecular formula is C11H23FO2. The molecule has 0 spiro atoms. The quantitative estimate of drug-likeness (QED) is 0.588. The van der Waals surface area contributed by atoms with E-state index in [-0.39, 0.29) is 6.61 Å². The van der Waals surface area contributed by atoms with Crippen molar-refractivity contribution in [1.82, 2.24) is 0 Å². The van der Waals surface area contributed by atoms with E-state index in [1.807, 2.05) is 13.8 Å². The second-order valence-corrected chi connectivity index (χ2v) is 3.90. The van der Waals surface area contributed by atoms with Crippen LogP contribution < -0.4 is 0 Å². The van der Waals surface area contributed by atoms with Gasteiger partial charge in [-0.25, -0.2) is 4.39 Å². The van der Waals surface area contributed by atoms with Crippen LogP contribution in [0.5, 0.6) is 0 Å². The van der Waals surface area contributed by atoms with Crippen LogP contribution in [0.4, 0.5) is 4.39 Å². The summed E-state index contributed by atoms with van der Waals surface area (Å²) in [6, 6.07) is 0. The summed E-state index contributed by atoms with van der Waals surface area (Å²) < 4.78 is 17.9. The number of aliphatic hydroxyl groups excluding tert-OH is 1. The van der Waals surface area contributed by atoms with Crippen molar-refractivity contribution in [3.63, 3.8) is 0 Å². The zero-order valence-electron chi connectivity index (χ0n) is 9.34. The van der Waals surface area contributed by atoms with Crippen LogP contribution in [0.2, 0.25) is 0 Å². The van der Waals surface area contributed by atoms with Crippen LogP contribution in [0, 0.1) is 0 Å². The first-order valence-electron chi connectivity index (χ1n) is 5.53. The molecule has 14 heavy (non-hydrogen) atoms. The van der Waals surface area contributed by atoms with E-state index in [1.165, 1.54) is 0 Å². The van der Waals surface area contributed by atoms with Gasteiger partial charge in [-0.05, 0) is 26.7 Å². The molecule has 3 heteroatoms. The third kappa shape index (κ3) is 9.93. The molecule has 0 fully saturated rings. The maximum absolute atomic E-state index is 12.5. The minimum absolute atomic E-state index is 0.305. The Labute approximate surface area is 86.5 Å². The molecule has 0 aromatic heterocycles. The molecule has 0 bridgehead atoms. The predicted molar refractivity (Wildman–Crippen MR) is 56.2 cm³/mol. The van der Waals surface area contributed by atoms with Gasteiger partial charge in [0.25, 0.3) is 0 Å². The minimum atomic E-state index is -1.03. The minimum Gasteiger partial charge on any atom is -0.393 e. The Bertz CT molecular complexity index is 118. The summed E-state index contributed by atoms with van der Waals surface area (Å²) >= 11 is 0. The summed E-state index contributed by atoms with van der Waals surface area (Å²) in [7, 11) is 0. The first-order valence-corrected chi connectivity index (χ1v) is 5.53. The van der Waals surface area contributed by atoms with Gasteiger partial charge in [0.1, 0.15) is 6.17 Å². The van der Waals surface area contributed by atoms with Gasteiger partial charge in [-0.3, -0.25) is 0 Å². The fourth-order valence-corrected chi connectivity index (χ4v) is 1.23. The highest BCUT2D eigenvalue weighted by Gasteiger charge is 2.02. The normalized spacial score (nSPS) is 13.5. The summed E-state index contributed by atoms with van der Waals surface area (Å²) in [5, 5.41) is 8.44. The van der Waals surface area contributed by atoms with Gasteiger partial charge in [-0.2, -0.15) is 0 Å². The summed E-state index contributed by atoms with van der Waals surface area (Å²) in [6.45, 7) is 4.51. The van der Waals surface area contributed by atoms with Gasteiger partial charge in [-0.15, -0.1) is 0 Å². The number of hydrogen-bond acceptors (Lipinski definition) is 2. The van der Waals surface area contributed by atoms with Gasteiger partial charge in [0.05, 0.1) is 12.7 Å². The van der Waals surface area contributed by atoms with Crippen LogP contribution in [-0.4, -0.2) is 30.6 Å². The van der Waals surface area contributed by atoms with E-state index >= 15 is 0 Å². The van der Waals surface area contributed by atoms with Crippen molar-refractivity contribution in [2.75, 3.05) is 13.2 Å². The van der Waals surface area contributed by atoms with Crippen molar-refractivity contribution in [3.8, 4) is 0 Å². The van der Waals surface area contributed by atoms with E-state index in [2.05, 4.69) is 0 Å². The standard InChI is InChI=1S/C11H23FO2/c1-10(2)14-8-6-4-3-5-7-11(12)9-13/h10-11,13H,3-9H2,1-2H3. The number of alkyl halides is 1. The van der Waals surface area contributed by atoms with Crippen LogP contribution in [0.3, 0.4) is 0 Å². The van der Waals surface area contributed by atoms with Gasteiger partial charge in [0, 0.05) is 6.61 Å². The first kappa shape index (κ1) is 13.8. The molecule has 0 heterocycles. The van der Waals surface area contributed by atoms with Crippen LogP contribution in [0.15, 0.2) is 0 Å². The summed E-state index contributed by atoms with van der Waals surface area (Å²) in [4.78, 5) is 0. The molecule has 1 N–H and O–H groups in total. The van der Waals surface area contributed by atoms with E-state index < -0.39 is 6.17 Å². The van der Waals surface area contributed by atoms with E-state index in [0.717, 1.165) is 32.3 Å². The molecule has 1 unspecified atom stereocenters. The molecule has 0 aliphatic carbocycles. The molecule has 0 radical (unpaired) electrons. The molecule has 0 saturated carbocycles.